The topological polar surface area (TPSA) is 75.7 Å². The van der Waals surface area contributed by atoms with Crippen molar-refractivity contribution in [1.82, 2.24) is 4.90 Å². The number of hydrogen-bond acceptors (Lipinski definition) is 5. The van der Waals surface area contributed by atoms with E-state index in [9.17, 15) is 14.4 Å². The van der Waals surface area contributed by atoms with Gasteiger partial charge < -0.3 is 15.0 Å². The average molecular weight is 489 g/mol. The van der Waals surface area contributed by atoms with Crippen LogP contribution in [0.1, 0.15) is 49.7 Å². The lowest BCUT2D eigenvalue weighted by Gasteiger charge is -2.24. The molecule has 1 saturated heterocycles. The van der Waals surface area contributed by atoms with Gasteiger partial charge in [-0.05, 0) is 67.3 Å². The fraction of sp³-hybridized carbons (Fsp3) is 0.250. The Balaban J connectivity index is 1.41. The number of hydrogen-bond donors (Lipinski definition) is 1. The van der Waals surface area contributed by atoms with Crippen LogP contribution in [0, 0.1) is 6.92 Å². The predicted molar refractivity (Wildman–Crippen MR) is 139 cm³/mol. The summed E-state index contributed by atoms with van der Waals surface area (Å²) in [6.07, 6.45) is 0.804. The van der Waals surface area contributed by atoms with Gasteiger partial charge in [-0.15, -0.1) is 11.8 Å². The SMILES string of the molecule is CCOC(=O)c1ccc(NC(=O)c2ccc(C3SCC(=O)N3CCc3ccccc3)cc2)c(C)c1. The number of thioether (sulfide) groups is 1. The summed E-state index contributed by atoms with van der Waals surface area (Å²) in [4.78, 5) is 39.2. The number of carbonyl (C=O) groups excluding carboxylic acids is 3. The molecule has 35 heavy (non-hydrogen) atoms. The Bertz CT molecular complexity index is 1210. The van der Waals surface area contributed by atoms with Gasteiger partial charge in [0.15, 0.2) is 0 Å². The molecule has 1 aliphatic heterocycles. The van der Waals surface area contributed by atoms with Crippen molar-refractivity contribution in [2.75, 3.05) is 24.2 Å². The molecular weight excluding hydrogens is 460 g/mol. The maximum absolute atomic E-state index is 12.8. The Morgan fingerprint density at radius 1 is 1.03 bits per heavy atom. The van der Waals surface area contributed by atoms with Crippen LogP contribution in [0.15, 0.2) is 72.8 Å². The van der Waals surface area contributed by atoms with Crippen molar-refractivity contribution in [3.05, 3.63) is 101 Å². The van der Waals surface area contributed by atoms with Crippen LogP contribution in [0.4, 0.5) is 5.69 Å². The smallest absolute Gasteiger partial charge is 0.338 e. The highest BCUT2D eigenvalue weighted by Crippen LogP contribution is 2.38. The van der Waals surface area contributed by atoms with Gasteiger partial charge in [-0.1, -0.05) is 42.5 Å². The number of nitrogens with one attached hydrogen (secondary N) is 1. The van der Waals surface area contributed by atoms with Gasteiger partial charge in [0.25, 0.3) is 5.91 Å². The zero-order valence-corrected chi connectivity index (χ0v) is 20.6. The average Bonchev–Trinajstić information content (AvgIpc) is 3.24. The van der Waals surface area contributed by atoms with E-state index < -0.39 is 0 Å². The van der Waals surface area contributed by atoms with Gasteiger partial charge in [0.1, 0.15) is 5.37 Å². The molecule has 0 bridgehead atoms. The van der Waals surface area contributed by atoms with Crippen LogP contribution < -0.4 is 5.32 Å². The molecule has 3 aromatic carbocycles. The second-order valence-corrected chi connectivity index (χ2v) is 9.38. The molecule has 4 rings (SSSR count). The van der Waals surface area contributed by atoms with E-state index in [4.69, 9.17) is 4.74 Å². The van der Waals surface area contributed by atoms with Gasteiger partial charge in [-0.2, -0.15) is 0 Å². The zero-order valence-electron chi connectivity index (χ0n) is 19.8. The molecule has 1 N–H and O–H groups in total. The lowest BCUT2D eigenvalue weighted by atomic mass is 10.1. The highest BCUT2D eigenvalue weighted by atomic mass is 32.2. The van der Waals surface area contributed by atoms with Gasteiger partial charge in [0.2, 0.25) is 5.91 Å². The van der Waals surface area contributed by atoms with Gasteiger partial charge in [-0.3, -0.25) is 9.59 Å². The Hall–Kier alpha value is -3.58. The summed E-state index contributed by atoms with van der Waals surface area (Å²) in [6, 6.07) is 22.6. The molecule has 1 aliphatic rings. The summed E-state index contributed by atoms with van der Waals surface area (Å²) in [7, 11) is 0. The molecule has 0 aliphatic carbocycles. The molecule has 0 saturated carbocycles. The van der Waals surface area contributed by atoms with Crippen molar-refractivity contribution >= 4 is 35.2 Å². The monoisotopic (exact) mass is 488 g/mol. The first-order chi connectivity index (χ1) is 17.0. The first kappa shape index (κ1) is 24.5. The first-order valence-corrected chi connectivity index (χ1v) is 12.6. The molecule has 0 radical (unpaired) electrons. The highest BCUT2D eigenvalue weighted by Gasteiger charge is 2.32. The summed E-state index contributed by atoms with van der Waals surface area (Å²) in [5.41, 5.74) is 4.58. The van der Waals surface area contributed by atoms with Crippen LogP contribution in [-0.4, -0.2) is 41.6 Å². The van der Waals surface area contributed by atoms with E-state index in [0.717, 1.165) is 17.5 Å². The Labute approximate surface area is 209 Å². The molecule has 2 amide bonds. The van der Waals surface area contributed by atoms with E-state index >= 15 is 0 Å². The Kier molecular flexibility index (Phi) is 7.87. The summed E-state index contributed by atoms with van der Waals surface area (Å²) in [5.74, 6) is -0.0211. The molecular formula is C28H28N2O4S. The maximum atomic E-state index is 12.8. The number of rotatable bonds is 8. The maximum Gasteiger partial charge on any atom is 0.338 e. The van der Waals surface area contributed by atoms with Crippen LogP contribution >= 0.6 is 11.8 Å². The minimum Gasteiger partial charge on any atom is -0.462 e. The van der Waals surface area contributed by atoms with E-state index in [2.05, 4.69) is 17.4 Å². The summed E-state index contributed by atoms with van der Waals surface area (Å²) in [5, 5.41) is 2.85. The number of esters is 1. The van der Waals surface area contributed by atoms with Crippen molar-refractivity contribution in [3.63, 3.8) is 0 Å². The number of anilines is 1. The van der Waals surface area contributed by atoms with Gasteiger partial charge >= 0.3 is 5.97 Å². The minimum atomic E-state index is -0.384. The number of ether oxygens (including phenoxy) is 1. The van der Waals surface area contributed by atoms with Crippen molar-refractivity contribution < 1.29 is 19.1 Å². The second kappa shape index (κ2) is 11.2. The molecule has 1 heterocycles. The third kappa shape index (κ3) is 5.92. The molecule has 0 aromatic heterocycles. The molecule has 1 atom stereocenters. The Morgan fingerprint density at radius 3 is 2.43 bits per heavy atom. The van der Waals surface area contributed by atoms with Crippen LogP contribution in [0.5, 0.6) is 0 Å². The van der Waals surface area contributed by atoms with Crippen LogP contribution in [0.3, 0.4) is 0 Å². The van der Waals surface area contributed by atoms with Crippen molar-refractivity contribution in [3.8, 4) is 0 Å². The normalized spacial score (nSPS) is 15.2. The number of carbonyl (C=O) groups is 3. The van der Waals surface area contributed by atoms with Crippen molar-refractivity contribution in [2.45, 2.75) is 25.6 Å². The predicted octanol–water partition coefficient (Wildman–Crippen LogP) is 5.24. The molecule has 1 fully saturated rings. The Morgan fingerprint density at radius 2 is 1.74 bits per heavy atom. The minimum absolute atomic E-state index is 0.0546. The molecule has 0 spiro atoms. The van der Waals surface area contributed by atoms with Gasteiger partial charge in [0, 0.05) is 17.8 Å². The molecule has 1 unspecified atom stereocenters. The standard InChI is InChI=1S/C28H28N2O4S/c1-3-34-28(33)23-13-14-24(19(2)17-23)29-26(32)21-9-11-22(12-10-21)27-30(25(31)18-35-27)16-15-20-7-5-4-6-8-20/h4-14,17,27H,3,15-16,18H2,1-2H3,(H,29,32). The van der Waals surface area contributed by atoms with E-state index in [0.29, 0.717) is 35.7 Å². The first-order valence-electron chi connectivity index (χ1n) is 11.6. The third-order valence-electron chi connectivity index (χ3n) is 5.90. The molecule has 6 nitrogen and oxygen atoms in total. The molecule has 3 aromatic rings. The zero-order chi connectivity index (χ0) is 24.8. The summed E-state index contributed by atoms with van der Waals surface area (Å²) < 4.78 is 5.03. The lowest BCUT2D eigenvalue weighted by molar-refractivity contribution is -0.128. The molecule has 180 valence electrons. The fourth-order valence-corrected chi connectivity index (χ4v) is 5.22. The van der Waals surface area contributed by atoms with E-state index in [1.807, 2.05) is 42.2 Å². The fourth-order valence-electron chi connectivity index (χ4n) is 4.01. The van der Waals surface area contributed by atoms with Crippen molar-refractivity contribution in [2.24, 2.45) is 0 Å². The third-order valence-corrected chi connectivity index (χ3v) is 7.15. The highest BCUT2D eigenvalue weighted by molar-refractivity contribution is 8.00. The van der Waals surface area contributed by atoms with E-state index in [1.165, 1.54) is 5.56 Å². The van der Waals surface area contributed by atoms with Gasteiger partial charge in [-0.25, -0.2) is 4.79 Å². The van der Waals surface area contributed by atoms with Gasteiger partial charge in [0.05, 0.1) is 17.9 Å². The van der Waals surface area contributed by atoms with Crippen LogP contribution in [0.25, 0.3) is 0 Å². The van der Waals surface area contributed by atoms with Crippen LogP contribution in [-0.2, 0) is 16.0 Å². The summed E-state index contributed by atoms with van der Waals surface area (Å²) in [6.45, 7) is 4.56. The van der Waals surface area contributed by atoms with E-state index in [-0.39, 0.29) is 23.2 Å². The van der Waals surface area contributed by atoms with Crippen molar-refractivity contribution in [1.29, 1.82) is 0 Å². The number of benzene rings is 3. The molecule has 7 heteroatoms. The number of aryl methyl sites for hydroxylation is 1. The van der Waals surface area contributed by atoms with E-state index in [1.54, 1.807) is 49.0 Å². The summed E-state index contributed by atoms with van der Waals surface area (Å²) >= 11 is 1.61. The number of amides is 2. The van der Waals surface area contributed by atoms with Crippen LogP contribution in [0.2, 0.25) is 0 Å². The number of nitrogens with zero attached hydrogens (tertiary/aromatic N) is 1. The second-order valence-electron chi connectivity index (χ2n) is 8.31. The quantitative estimate of drug-likeness (QED) is 0.439. The largest absolute Gasteiger partial charge is 0.462 e. The lowest BCUT2D eigenvalue weighted by Crippen LogP contribution is -2.30.